The lowest BCUT2D eigenvalue weighted by molar-refractivity contribution is -0.137. The number of hydrazone groups is 1. The molecular formula is C27H18F3N3O3. The van der Waals surface area contributed by atoms with Crippen LogP contribution < -0.4 is 4.90 Å². The zero-order valence-corrected chi connectivity index (χ0v) is 18.6. The van der Waals surface area contributed by atoms with Crippen molar-refractivity contribution in [2.45, 2.75) is 18.3 Å². The Kier molecular flexibility index (Phi) is 4.86. The van der Waals surface area contributed by atoms with E-state index < -0.39 is 58.9 Å². The quantitative estimate of drug-likeness (QED) is 0.402. The highest BCUT2D eigenvalue weighted by Crippen LogP contribution is 2.54. The van der Waals surface area contributed by atoms with Gasteiger partial charge in [-0.15, -0.1) is 0 Å². The third-order valence-electron chi connectivity index (χ3n) is 7.07. The number of hydrogen-bond acceptors (Lipinski definition) is 5. The summed E-state index contributed by atoms with van der Waals surface area (Å²) in [7, 11) is 0. The first-order valence-corrected chi connectivity index (χ1v) is 11.3. The van der Waals surface area contributed by atoms with Crippen LogP contribution in [0.15, 0.2) is 84.0 Å². The first kappa shape index (κ1) is 22.2. The molecule has 2 saturated heterocycles. The second kappa shape index (κ2) is 7.87. The summed E-state index contributed by atoms with van der Waals surface area (Å²) in [6.07, 6.45) is -3.20. The minimum atomic E-state index is -4.78. The number of fused-ring (bicyclic) bond motifs is 5. The van der Waals surface area contributed by atoms with Gasteiger partial charge < -0.3 is 0 Å². The van der Waals surface area contributed by atoms with E-state index in [0.717, 1.165) is 17.7 Å². The molecule has 3 heterocycles. The predicted octanol–water partition coefficient (Wildman–Crippen LogP) is 4.47. The van der Waals surface area contributed by atoms with Crippen molar-refractivity contribution in [3.05, 3.63) is 101 Å². The molecule has 0 radical (unpaired) electrons. The van der Waals surface area contributed by atoms with Gasteiger partial charge in [-0.3, -0.25) is 19.4 Å². The van der Waals surface area contributed by atoms with E-state index >= 15 is 0 Å². The van der Waals surface area contributed by atoms with E-state index in [1.807, 2.05) is 0 Å². The van der Waals surface area contributed by atoms with E-state index in [2.05, 4.69) is 5.10 Å². The molecule has 9 heteroatoms. The van der Waals surface area contributed by atoms with Crippen molar-refractivity contribution in [1.82, 2.24) is 5.01 Å². The molecule has 180 valence electrons. The van der Waals surface area contributed by atoms with Gasteiger partial charge in [0.1, 0.15) is 6.04 Å². The third kappa shape index (κ3) is 3.12. The molecular weight excluding hydrogens is 471 g/mol. The average molecular weight is 489 g/mol. The largest absolute Gasteiger partial charge is 0.418 e. The summed E-state index contributed by atoms with van der Waals surface area (Å²) in [6, 6.07) is 18.0. The molecule has 2 amide bonds. The van der Waals surface area contributed by atoms with E-state index in [4.69, 9.17) is 0 Å². The fraction of sp³-hybridized carbons (Fsp3) is 0.185. The van der Waals surface area contributed by atoms with Crippen LogP contribution in [0, 0.1) is 11.8 Å². The minimum absolute atomic E-state index is 0.324. The fourth-order valence-corrected chi connectivity index (χ4v) is 5.59. The standard InChI is InChI=1S/C27H18F3N3O3/c28-27(29,30)18-12-6-7-13-19(18)32-25(35)20-21(26(32)36)23(24(34)15-8-2-1-3-9-15)33-22(20)17-11-5-4-10-16(17)14-31-33/h1-14,20-23H/t20-,21-,22+,23+/m0/s1. The van der Waals surface area contributed by atoms with Gasteiger partial charge in [-0.05, 0) is 23.3 Å². The van der Waals surface area contributed by atoms with Crippen molar-refractivity contribution in [2.75, 3.05) is 4.90 Å². The number of anilines is 1. The van der Waals surface area contributed by atoms with Gasteiger partial charge in [-0.1, -0.05) is 66.7 Å². The predicted molar refractivity (Wildman–Crippen MR) is 124 cm³/mol. The molecule has 2 fully saturated rings. The second-order valence-corrected chi connectivity index (χ2v) is 8.95. The Morgan fingerprint density at radius 1 is 0.806 bits per heavy atom. The number of amides is 2. The van der Waals surface area contributed by atoms with E-state index in [9.17, 15) is 27.6 Å². The summed E-state index contributed by atoms with van der Waals surface area (Å²) in [5.41, 5.74) is 0.124. The topological polar surface area (TPSA) is 70.0 Å². The lowest BCUT2D eigenvalue weighted by atomic mass is 9.83. The normalized spacial score (nSPS) is 24.5. The van der Waals surface area contributed by atoms with E-state index in [1.165, 1.54) is 17.1 Å². The van der Waals surface area contributed by atoms with Crippen molar-refractivity contribution < 1.29 is 27.6 Å². The first-order chi connectivity index (χ1) is 17.3. The number of carbonyl (C=O) groups excluding carboxylic acids is 3. The number of Topliss-reactive ketones (excluding diaryl/α,β-unsaturated/α-hetero) is 1. The molecule has 3 aromatic rings. The number of carbonyl (C=O) groups is 3. The van der Waals surface area contributed by atoms with Gasteiger partial charge in [0, 0.05) is 5.56 Å². The Morgan fingerprint density at radius 2 is 1.44 bits per heavy atom. The minimum Gasteiger partial charge on any atom is -0.292 e. The van der Waals surface area contributed by atoms with Crippen molar-refractivity contribution in [1.29, 1.82) is 0 Å². The molecule has 3 aliphatic heterocycles. The highest BCUT2D eigenvalue weighted by atomic mass is 19.4. The monoisotopic (exact) mass is 489 g/mol. The van der Waals surface area contributed by atoms with Crippen LogP contribution in [0.4, 0.5) is 18.9 Å². The van der Waals surface area contributed by atoms with Crippen LogP contribution in [0.25, 0.3) is 0 Å². The Morgan fingerprint density at radius 3 is 2.19 bits per heavy atom. The zero-order valence-electron chi connectivity index (χ0n) is 18.6. The summed E-state index contributed by atoms with van der Waals surface area (Å²) in [4.78, 5) is 41.9. The number of alkyl halides is 3. The highest BCUT2D eigenvalue weighted by molar-refractivity contribution is 6.25. The molecule has 0 saturated carbocycles. The van der Waals surface area contributed by atoms with Gasteiger partial charge in [0.05, 0.1) is 35.3 Å². The maximum atomic E-state index is 13.8. The summed E-state index contributed by atoms with van der Waals surface area (Å²) in [5, 5.41) is 5.93. The molecule has 0 aliphatic carbocycles. The van der Waals surface area contributed by atoms with Gasteiger partial charge in [0.2, 0.25) is 11.8 Å². The van der Waals surface area contributed by atoms with Gasteiger partial charge in [-0.2, -0.15) is 18.3 Å². The van der Waals surface area contributed by atoms with Gasteiger partial charge in [-0.25, -0.2) is 4.90 Å². The molecule has 6 nitrogen and oxygen atoms in total. The number of nitrogens with zero attached hydrogens (tertiary/aromatic N) is 3. The Bertz CT molecular complexity index is 1440. The Hall–Kier alpha value is -4.27. The molecule has 6 rings (SSSR count). The maximum absolute atomic E-state index is 13.8. The second-order valence-electron chi connectivity index (χ2n) is 8.95. The van der Waals surface area contributed by atoms with Crippen LogP contribution in [-0.4, -0.2) is 34.9 Å². The van der Waals surface area contributed by atoms with Crippen molar-refractivity contribution >= 4 is 29.5 Å². The Labute approximate surface area is 203 Å². The third-order valence-corrected chi connectivity index (χ3v) is 7.07. The van der Waals surface area contributed by atoms with Crippen molar-refractivity contribution in [3.8, 4) is 0 Å². The number of ketones is 1. The molecule has 0 unspecified atom stereocenters. The SMILES string of the molecule is O=C(c1ccccc1)[C@H]1[C@H]2C(=O)N(c3ccccc3C(F)(F)F)C(=O)[C@@H]2[C@H]2c3ccccc3C=NN21. The molecule has 0 spiro atoms. The zero-order chi connectivity index (χ0) is 25.2. The summed E-state index contributed by atoms with van der Waals surface area (Å²) >= 11 is 0. The molecule has 3 aliphatic rings. The number of halogens is 3. The van der Waals surface area contributed by atoms with Crippen molar-refractivity contribution in [2.24, 2.45) is 16.9 Å². The number of rotatable bonds is 3. The van der Waals surface area contributed by atoms with Crippen LogP contribution in [-0.2, 0) is 15.8 Å². The first-order valence-electron chi connectivity index (χ1n) is 11.3. The summed E-state index contributed by atoms with van der Waals surface area (Å²) in [6.45, 7) is 0. The number of para-hydroxylation sites is 1. The van der Waals surface area contributed by atoms with Crippen LogP contribution in [0.3, 0.4) is 0 Å². The highest BCUT2D eigenvalue weighted by Gasteiger charge is 2.65. The number of benzene rings is 3. The summed E-state index contributed by atoms with van der Waals surface area (Å²) in [5.74, 6) is -4.29. The number of hydrogen-bond donors (Lipinski definition) is 0. The molecule has 0 N–H and O–H groups in total. The van der Waals surface area contributed by atoms with Crippen molar-refractivity contribution in [3.63, 3.8) is 0 Å². The van der Waals surface area contributed by atoms with Crippen LogP contribution in [0.1, 0.15) is 33.1 Å². The average Bonchev–Trinajstić information content (AvgIpc) is 3.36. The maximum Gasteiger partial charge on any atom is 0.418 e. The van der Waals surface area contributed by atoms with Crippen LogP contribution in [0.5, 0.6) is 0 Å². The lowest BCUT2D eigenvalue weighted by Crippen LogP contribution is -2.45. The number of imide groups is 1. The molecule has 3 aromatic carbocycles. The van der Waals surface area contributed by atoms with Crippen LogP contribution in [0.2, 0.25) is 0 Å². The van der Waals surface area contributed by atoms with Gasteiger partial charge in [0.25, 0.3) is 0 Å². The van der Waals surface area contributed by atoms with Gasteiger partial charge >= 0.3 is 6.18 Å². The smallest absolute Gasteiger partial charge is 0.292 e. The Balaban J connectivity index is 1.52. The van der Waals surface area contributed by atoms with E-state index in [-0.39, 0.29) is 0 Å². The van der Waals surface area contributed by atoms with E-state index in [0.29, 0.717) is 16.0 Å². The van der Waals surface area contributed by atoms with Gasteiger partial charge in [0.15, 0.2) is 5.78 Å². The van der Waals surface area contributed by atoms with E-state index in [1.54, 1.807) is 60.8 Å². The molecule has 0 bridgehead atoms. The molecule has 4 atom stereocenters. The fourth-order valence-electron chi connectivity index (χ4n) is 5.59. The van der Waals surface area contributed by atoms with Crippen LogP contribution >= 0.6 is 0 Å². The molecule has 36 heavy (non-hydrogen) atoms. The lowest BCUT2D eigenvalue weighted by Gasteiger charge is -2.34. The summed E-state index contributed by atoms with van der Waals surface area (Å²) < 4.78 is 41.4. The molecule has 0 aromatic heterocycles.